The summed E-state index contributed by atoms with van der Waals surface area (Å²) in [5, 5.41) is 5.43. The molecule has 3 aromatic rings. The Labute approximate surface area is 121 Å². The number of pyridine rings is 1. The molecular weight excluding hydrogens is 264 g/mol. The zero-order valence-electron chi connectivity index (χ0n) is 11.6. The predicted molar refractivity (Wildman–Crippen MR) is 81.4 cm³/mol. The first-order chi connectivity index (χ1) is 10.3. The third-order valence-electron chi connectivity index (χ3n) is 3.74. The van der Waals surface area contributed by atoms with Crippen molar-refractivity contribution in [2.75, 3.05) is 5.73 Å². The number of anilines is 1. The largest absolute Gasteiger partial charge is 0.383 e. The lowest BCUT2D eigenvalue weighted by atomic mass is 10.1. The second-order valence-electron chi connectivity index (χ2n) is 4.99. The Kier molecular flexibility index (Phi) is 2.50. The number of nitrogens with zero attached hydrogens (tertiary/aromatic N) is 5. The molecule has 4 rings (SSSR count). The van der Waals surface area contributed by atoms with E-state index in [0.29, 0.717) is 5.82 Å². The van der Waals surface area contributed by atoms with Crippen LogP contribution in [0.15, 0.2) is 24.7 Å². The first-order valence-corrected chi connectivity index (χ1v) is 6.90. The Balaban J connectivity index is 2.00. The Morgan fingerprint density at radius 1 is 1.29 bits per heavy atom. The molecule has 0 fully saturated rings. The first kappa shape index (κ1) is 12.0. The van der Waals surface area contributed by atoms with Gasteiger partial charge in [-0.3, -0.25) is 4.98 Å². The Morgan fingerprint density at radius 2 is 2.19 bits per heavy atom. The Hall–Kier alpha value is -2.76. The minimum Gasteiger partial charge on any atom is -0.383 e. The van der Waals surface area contributed by atoms with E-state index in [9.17, 15) is 0 Å². The molecule has 1 aliphatic rings. The van der Waals surface area contributed by atoms with Crippen molar-refractivity contribution in [2.45, 2.75) is 19.9 Å². The molecule has 0 bridgehead atoms. The van der Waals surface area contributed by atoms with Crippen LogP contribution in [-0.2, 0) is 13.0 Å². The van der Waals surface area contributed by atoms with Gasteiger partial charge in [-0.1, -0.05) is 12.2 Å². The molecule has 0 unspecified atom stereocenters. The summed E-state index contributed by atoms with van der Waals surface area (Å²) < 4.78 is 1.84. The summed E-state index contributed by atoms with van der Waals surface area (Å²) in [6.07, 6.45) is 8.41. The van der Waals surface area contributed by atoms with Crippen molar-refractivity contribution in [1.29, 1.82) is 0 Å². The number of fused-ring (bicyclic) bond motifs is 2. The van der Waals surface area contributed by atoms with E-state index in [1.54, 1.807) is 0 Å². The Bertz CT molecular complexity index is 877. The van der Waals surface area contributed by atoms with Crippen LogP contribution in [0.25, 0.3) is 28.4 Å². The van der Waals surface area contributed by atoms with Crippen LogP contribution in [0, 0.1) is 0 Å². The van der Waals surface area contributed by atoms with Gasteiger partial charge in [0.15, 0.2) is 5.65 Å². The van der Waals surface area contributed by atoms with Crippen LogP contribution in [0.1, 0.15) is 18.2 Å². The van der Waals surface area contributed by atoms with Gasteiger partial charge in [0.05, 0.1) is 11.1 Å². The molecule has 21 heavy (non-hydrogen) atoms. The fraction of sp³-hybridized carbons (Fsp3) is 0.200. The molecule has 0 saturated carbocycles. The number of allylic oxidation sites excluding steroid dienone is 1. The van der Waals surface area contributed by atoms with E-state index in [-0.39, 0.29) is 0 Å². The smallest absolute Gasteiger partial charge is 0.163 e. The van der Waals surface area contributed by atoms with Gasteiger partial charge in [0, 0.05) is 24.7 Å². The molecule has 0 spiro atoms. The van der Waals surface area contributed by atoms with E-state index in [0.717, 1.165) is 46.5 Å². The zero-order valence-corrected chi connectivity index (χ0v) is 11.6. The van der Waals surface area contributed by atoms with Gasteiger partial charge >= 0.3 is 0 Å². The van der Waals surface area contributed by atoms with Gasteiger partial charge in [-0.05, 0) is 18.6 Å². The van der Waals surface area contributed by atoms with Crippen molar-refractivity contribution >= 4 is 22.9 Å². The van der Waals surface area contributed by atoms with E-state index in [4.69, 9.17) is 5.73 Å². The summed E-state index contributed by atoms with van der Waals surface area (Å²) in [7, 11) is 0. The van der Waals surface area contributed by atoms with Crippen LogP contribution in [-0.4, -0.2) is 24.7 Å². The molecule has 0 saturated heterocycles. The molecule has 0 amide bonds. The minimum atomic E-state index is 0.450. The molecule has 6 heteroatoms. The molecule has 0 aromatic carbocycles. The second kappa shape index (κ2) is 4.37. The molecule has 6 nitrogen and oxygen atoms in total. The maximum atomic E-state index is 6.04. The van der Waals surface area contributed by atoms with Crippen LogP contribution in [0.3, 0.4) is 0 Å². The van der Waals surface area contributed by atoms with E-state index >= 15 is 0 Å². The molecular formula is C15H14N6. The molecule has 3 aromatic heterocycles. The molecule has 2 N–H and O–H groups in total. The standard InChI is InChI=1S/C15H14N6/c1-2-21-15-12(14(16)18-8-19-15)13(20-21)10-6-9-4-3-5-11(9)17-7-10/h3-4,6-8H,2,5H2,1H3,(H2,16,18,19). The maximum Gasteiger partial charge on any atom is 0.163 e. The summed E-state index contributed by atoms with van der Waals surface area (Å²) in [6, 6.07) is 2.10. The van der Waals surface area contributed by atoms with Crippen LogP contribution >= 0.6 is 0 Å². The van der Waals surface area contributed by atoms with Crippen LogP contribution in [0.5, 0.6) is 0 Å². The van der Waals surface area contributed by atoms with Crippen molar-refractivity contribution < 1.29 is 0 Å². The SMILES string of the molecule is CCn1nc(-c2cnc3c(c2)C=CC3)c2c(N)ncnc21. The van der Waals surface area contributed by atoms with Crippen LogP contribution in [0.4, 0.5) is 5.82 Å². The summed E-state index contributed by atoms with van der Waals surface area (Å²) in [4.78, 5) is 12.9. The summed E-state index contributed by atoms with van der Waals surface area (Å²) >= 11 is 0. The average Bonchev–Trinajstić information content (AvgIpc) is 3.11. The number of hydrogen-bond acceptors (Lipinski definition) is 5. The van der Waals surface area contributed by atoms with Crippen molar-refractivity contribution in [3.63, 3.8) is 0 Å². The van der Waals surface area contributed by atoms with Crippen LogP contribution in [0.2, 0.25) is 0 Å². The number of nitrogen functional groups attached to an aromatic ring is 1. The lowest BCUT2D eigenvalue weighted by Gasteiger charge is -2.02. The third-order valence-corrected chi connectivity index (χ3v) is 3.74. The van der Waals surface area contributed by atoms with Gasteiger partial charge in [0.1, 0.15) is 17.8 Å². The molecule has 3 heterocycles. The number of rotatable bonds is 2. The molecule has 0 aliphatic heterocycles. The number of aromatic nitrogens is 5. The highest BCUT2D eigenvalue weighted by atomic mass is 15.3. The van der Waals surface area contributed by atoms with E-state index in [2.05, 4.69) is 38.3 Å². The fourth-order valence-electron chi connectivity index (χ4n) is 2.70. The number of hydrogen-bond donors (Lipinski definition) is 1. The maximum absolute atomic E-state index is 6.04. The average molecular weight is 278 g/mol. The van der Waals surface area contributed by atoms with Crippen molar-refractivity contribution in [3.05, 3.63) is 35.9 Å². The summed E-state index contributed by atoms with van der Waals surface area (Å²) in [5.74, 6) is 0.450. The highest BCUT2D eigenvalue weighted by Crippen LogP contribution is 2.31. The van der Waals surface area contributed by atoms with E-state index < -0.39 is 0 Å². The lowest BCUT2D eigenvalue weighted by molar-refractivity contribution is 0.678. The summed E-state index contributed by atoms with van der Waals surface area (Å²) in [6.45, 7) is 2.75. The van der Waals surface area contributed by atoms with Crippen molar-refractivity contribution in [3.8, 4) is 11.3 Å². The fourth-order valence-corrected chi connectivity index (χ4v) is 2.70. The molecule has 104 valence electrons. The summed E-state index contributed by atoms with van der Waals surface area (Å²) in [5.41, 5.74) is 10.8. The van der Waals surface area contributed by atoms with Gasteiger partial charge in [-0.15, -0.1) is 0 Å². The highest BCUT2D eigenvalue weighted by Gasteiger charge is 2.18. The van der Waals surface area contributed by atoms with Crippen molar-refractivity contribution in [2.24, 2.45) is 0 Å². The van der Waals surface area contributed by atoms with Gasteiger partial charge in [0.2, 0.25) is 0 Å². The normalized spacial score (nSPS) is 13.0. The monoisotopic (exact) mass is 278 g/mol. The quantitative estimate of drug-likeness (QED) is 0.775. The predicted octanol–water partition coefficient (Wildman–Crippen LogP) is 2.06. The second-order valence-corrected chi connectivity index (χ2v) is 4.99. The molecule has 0 atom stereocenters. The van der Waals surface area contributed by atoms with Gasteiger partial charge in [-0.25, -0.2) is 14.6 Å². The van der Waals surface area contributed by atoms with Gasteiger partial charge in [0.25, 0.3) is 0 Å². The lowest BCUT2D eigenvalue weighted by Crippen LogP contribution is -1.98. The van der Waals surface area contributed by atoms with Gasteiger partial charge in [-0.2, -0.15) is 5.10 Å². The highest BCUT2D eigenvalue weighted by molar-refractivity contribution is 5.98. The first-order valence-electron chi connectivity index (χ1n) is 6.90. The minimum absolute atomic E-state index is 0.450. The molecule has 0 radical (unpaired) electrons. The zero-order chi connectivity index (χ0) is 14.4. The van der Waals surface area contributed by atoms with E-state index in [1.807, 2.05) is 17.8 Å². The number of nitrogens with two attached hydrogens (primary N) is 1. The van der Waals surface area contributed by atoms with E-state index in [1.165, 1.54) is 6.33 Å². The third kappa shape index (κ3) is 1.72. The number of aryl methyl sites for hydroxylation is 1. The Morgan fingerprint density at radius 3 is 3.05 bits per heavy atom. The van der Waals surface area contributed by atoms with Crippen molar-refractivity contribution in [1.82, 2.24) is 24.7 Å². The van der Waals surface area contributed by atoms with Crippen LogP contribution < -0.4 is 5.73 Å². The molecule has 1 aliphatic carbocycles. The topological polar surface area (TPSA) is 82.5 Å². The van der Waals surface area contributed by atoms with Gasteiger partial charge < -0.3 is 5.73 Å².